The first kappa shape index (κ1) is 18.7. The summed E-state index contributed by atoms with van der Waals surface area (Å²) in [5.41, 5.74) is 5.60. The summed E-state index contributed by atoms with van der Waals surface area (Å²) in [6.07, 6.45) is 0.914. The van der Waals surface area contributed by atoms with Crippen LogP contribution in [0.15, 0.2) is 0 Å². The Bertz CT molecular complexity index is 325. The van der Waals surface area contributed by atoms with Crippen molar-refractivity contribution in [2.45, 2.75) is 32.2 Å². The predicted molar refractivity (Wildman–Crippen MR) is 76.4 cm³/mol. The topological polar surface area (TPSA) is 119 Å². The summed E-state index contributed by atoms with van der Waals surface area (Å²) in [5.74, 6) is -0.594. The first-order valence-electron chi connectivity index (χ1n) is 6.45. The lowest BCUT2D eigenvalue weighted by atomic mass is 10.2. The standard InChI is InChI=1S/C12H22N2O5S/c1-2-19-12(18)9(13)5-7-20-8-10(15)14-6-3-4-11(16)17/h9H,2-8,13H2,1H3,(H,14,15)(H,16,17). The number of nitrogens with two attached hydrogens (primary N) is 1. The zero-order chi connectivity index (χ0) is 15.4. The quantitative estimate of drug-likeness (QED) is 0.362. The van der Waals surface area contributed by atoms with Gasteiger partial charge in [0, 0.05) is 13.0 Å². The molecule has 0 aromatic carbocycles. The third kappa shape index (κ3) is 10.6. The van der Waals surface area contributed by atoms with Gasteiger partial charge in [0.15, 0.2) is 0 Å². The van der Waals surface area contributed by atoms with Gasteiger partial charge in [-0.25, -0.2) is 0 Å². The van der Waals surface area contributed by atoms with Crippen molar-refractivity contribution in [1.82, 2.24) is 5.32 Å². The Kier molecular flexibility index (Phi) is 10.8. The van der Waals surface area contributed by atoms with Crippen LogP contribution in [0.4, 0.5) is 0 Å². The van der Waals surface area contributed by atoms with Gasteiger partial charge in [-0.05, 0) is 25.5 Å². The lowest BCUT2D eigenvalue weighted by molar-refractivity contribution is -0.144. The highest BCUT2D eigenvalue weighted by atomic mass is 32.2. The van der Waals surface area contributed by atoms with Gasteiger partial charge >= 0.3 is 11.9 Å². The monoisotopic (exact) mass is 306 g/mol. The van der Waals surface area contributed by atoms with E-state index in [1.54, 1.807) is 6.92 Å². The Morgan fingerprint density at radius 2 is 2.10 bits per heavy atom. The number of ether oxygens (including phenoxy) is 1. The maximum atomic E-state index is 11.4. The second kappa shape index (κ2) is 11.5. The van der Waals surface area contributed by atoms with Crippen LogP contribution in [0, 0.1) is 0 Å². The van der Waals surface area contributed by atoms with Crippen molar-refractivity contribution in [3.63, 3.8) is 0 Å². The third-order valence-corrected chi connectivity index (χ3v) is 3.28. The molecule has 0 saturated heterocycles. The zero-order valence-corrected chi connectivity index (χ0v) is 12.4. The van der Waals surface area contributed by atoms with Crippen LogP contribution in [0.5, 0.6) is 0 Å². The van der Waals surface area contributed by atoms with Gasteiger partial charge in [0.2, 0.25) is 5.91 Å². The molecule has 8 heteroatoms. The Hall–Kier alpha value is -1.28. The van der Waals surface area contributed by atoms with E-state index in [4.69, 9.17) is 15.6 Å². The number of esters is 1. The second-order valence-electron chi connectivity index (χ2n) is 4.05. The van der Waals surface area contributed by atoms with E-state index in [0.29, 0.717) is 31.7 Å². The van der Waals surface area contributed by atoms with Crippen molar-refractivity contribution in [1.29, 1.82) is 0 Å². The van der Waals surface area contributed by atoms with Crippen LogP contribution in [-0.4, -0.2) is 53.7 Å². The fourth-order valence-corrected chi connectivity index (χ4v) is 2.11. The highest BCUT2D eigenvalue weighted by molar-refractivity contribution is 7.99. The number of carboxylic acid groups (broad SMARTS) is 1. The zero-order valence-electron chi connectivity index (χ0n) is 11.6. The molecule has 0 aliphatic carbocycles. The number of hydrogen-bond acceptors (Lipinski definition) is 6. The van der Waals surface area contributed by atoms with Gasteiger partial charge in [0.1, 0.15) is 6.04 Å². The molecule has 7 nitrogen and oxygen atoms in total. The van der Waals surface area contributed by atoms with Crippen molar-refractivity contribution in [2.24, 2.45) is 5.73 Å². The van der Waals surface area contributed by atoms with Gasteiger partial charge in [0.25, 0.3) is 0 Å². The molecule has 4 N–H and O–H groups in total. The average Bonchev–Trinajstić information content (AvgIpc) is 2.39. The number of hydrogen-bond donors (Lipinski definition) is 3. The van der Waals surface area contributed by atoms with Crippen molar-refractivity contribution >= 4 is 29.6 Å². The Labute approximate surface area is 122 Å². The number of carbonyl (C=O) groups excluding carboxylic acids is 2. The van der Waals surface area contributed by atoms with Gasteiger partial charge in [-0.2, -0.15) is 11.8 Å². The fourth-order valence-electron chi connectivity index (χ4n) is 1.26. The highest BCUT2D eigenvalue weighted by Gasteiger charge is 2.14. The minimum atomic E-state index is -0.874. The van der Waals surface area contributed by atoms with Crippen molar-refractivity contribution in [3.8, 4) is 0 Å². The molecule has 0 heterocycles. The molecular formula is C12H22N2O5S. The molecule has 20 heavy (non-hydrogen) atoms. The number of nitrogens with one attached hydrogen (secondary N) is 1. The molecule has 1 atom stereocenters. The molecule has 0 aromatic rings. The smallest absolute Gasteiger partial charge is 0.322 e. The van der Waals surface area contributed by atoms with E-state index in [-0.39, 0.29) is 18.1 Å². The fraction of sp³-hybridized carbons (Fsp3) is 0.750. The molecule has 116 valence electrons. The number of carbonyl (C=O) groups is 3. The van der Waals surface area contributed by atoms with Gasteiger partial charge in [0.05, 0.1) is 12.4 Å². The summed E-state index contributed by atoms with van der Waals surface area (Å²) < 4.78 is 4.77. The van der Waals surface area contributed by atoms with Crippen LogP contribution in [-0.2, 0) is 19.1 Å². The van der Waals surface area contributed by atoms with Crippen LogP contribution in [0.25, 0.3) is 0 Å². The van der Waals surface area contributed by atoms with Crippen LogP contribution < -0.4 is 11.1 Å². The summed E-state index contributed by atoms with van der Waals surface area (Å²) in [7, 11) is 0. The molecule has 0 rings (SSSR count). The predicted octanol–water partition coefficient (Wildman–Crippen LogP) is -0.0189. The van der Waals surface area contributed by atoms with E-state index >= 15 is 0 Å². The van der Waals surface area contributed by atoms with Crippen LogP contribution in [0.1, 0.15) is 26.2 Å². The SMILES string of the molecule is CCOC(=O)C(N)CCSCC(=O)NCCCC(=O)O. The Balaban J connectivity index is 3.52. The largest absolute Gasteiger partial charge is 0.481 e. The van der Waals surface area contributed by atoms with Crippen LogP contribution >= 0.6 is 11.8 Å². The summed E-state index contributed by atoms with van der Waals surface area (Å²) >= 11 is 1.37. The number of carboxylic acids is 1. The lowest BCUT2D eigenvalue weighted by Gasteiger charge is -2.10. The molecule has 0 aromatic heterocycles. The summed E-state index contributed by atoms with van der Waals surface area (Å²) in [5, 5.41) is 11.0. The minimum absolute atomic E-state index is 0.0435. The first-order chi connectivity index (χ1) is 9.47. The van der Waals surface area contributed by atoms with Crippen LogP contribution in [0.2, 0.25) is 0 Å². The van der Waals surface area contributed by atoms with Crippen molar-refractivity contribution in [3.05, 3.63) is 0 Å². The summed E-state index contributed by atoms with van der Waals surface area (Å²) in [4.78, 5) is 32.8. The molecule has 0 aliphatic heterocycles. The molecule has 0 radical (unpaired) electrons. The summed E-state index contributed by atoms with van der Waals surface area (Å²) in [6, 6.07) is -0.652. The molecule has 1 unspecified atom stereocenters. The highest BCUT2D eigenvalue weighted by Crippen LogP contribution is 2.04. The average molecular weight is 306 g/mol. The number of amides is 1. The van der Waals surface area contributed by atoms with Crippen molar-refractivity contribution in [2.75, 3.05) is 24.7 Å². The first-order valence-corrected chi connectivity index (χ1v) is 7.61. The third-order valence-electron chi connectivity index (χ3n) is 2.29. The molecule has 0 fully saturated rings. The number of rotatable bonds is 11. The maximum absolute atomic E-state index is 11.4. The molecule has 0 spiro atoms. The van der Waals surface area contributed by atoms with Crippen LogP contribution in [0.3, 0.4) is 0 Å². The minimum Gasteiger partial charge on any atom is -0.481 e. The van der Waals surface area contributed by atoms with E-state index in [1.165, 1.54) is 11.8 Å². The normalized spacial score (nSPS) is 11.7. The second-order valence-corrected chi connectivity index (χ2v) is 5.15. The number of thioether (sulfide) groups is 1. The van der Waals surface area contributed by atoms with Gasteiger partial charge in [-0.15, -0.1) is 0 Å². The molecule has 0 saturated carbocycles. The van der Waals surface area contributed by atoms with E-state index in [0.717, 1.165) is 0 Å². The Morgan fingerprint density at radius 1 is 1.40 bits per heavy atom. The molecule has 0 aliphatic rings. The van der Waals surface area contributed by atoms with E-state index in [2.05, 4.69) is 5.32 Å². The van der Waals surface area contributed by atoms with E-state index < -0.39 is 18.0 Å². The van der Waals surface area contributed by atoms with Gasteiger partial charge in [-0.3, -0.25) is 14.4 Å². The summed E-state index contributed by atoms with van der Waals surface area (Å²) in [6.45, 7) is 2.38. The van der Waals surface area contributed by atoms with E-state index in [1.807, 2.05) is 0 Å². The maximum Gasteiger partial charge on any atom is 0.322 e. The van der Waals surface area contributed by atoms with Gasteiger partial charge < -0.3 is 20.9 Å². The number of aliphatic carboxylic acids is 1. The van der Waals surface area contributed by atoms with Crippen molar-refractivity contribution < 1.29 is 24.2 Å². The van der Waals surface area contributed by atoms with E-state index in [9.17, 15) is 14.4 Å². The lowest BCUT2D eigenvalue weighted by Crippen LogP contribution is -2.33. The van der Waals surface area contributed by atoms with Gasteiger partial charge in [-0.1, -0.05) is 0 Å². The Morgan fingerprint density at radius 3 is 2.70 bits per heavy atom. The molecule has 1 amide bonds. The molecular weight excluding hydrogens is 284 g/mol. The molecule has 0 bridgehead atoms.